The molecule has 0 aliphatic rings. The predicted octanol–water partition coefficient (Wildman–Crippen LogP) is 13.2. The lowest BCUT2D eigenvalue weighted by Crippen LogP contribution is -1.97. The van der Waals surface area contributed by atoms with E-state index in [2.05, 4.69) is 162 Å². The Morgan fingerprint density at radius 3 is 1.85 bits per heavy atom. The average molecular weight is 707 g/mol. The summed E-state index contributed by atoms with van der Waals surface area (Å²) in [6.45, 7) is 0. The fourth-order valence-electron chi connectivity index (χ4n) is 7.99. The molecule has 0 bridgehead atoms. The minimum atomic E-state index is 0.697. The molecule has 0 fully saturated rings. The SMILES string of the molecule is c1ccc(-c2cc(-c3ccccc3)nc(-c3ccc(-n4c5ccccc5c5cc(-c6ccccn6)c6c(sc7ccc8ccccc8c76)c54)cc3)n2)cc1. The molecule has 7 aromatic carbocycles. The van der Waals surface area contributed by atoms with E-state index in [1.165, 1.54) is 47.2 Å². The summed E-state index contributed by atoms with van der Waals surface area (Å²) >= 11 is 1.87. The van der Waals surface area contributed by atoms with Gasteiger partial charge in [0.1, 0.15) is 0 Å². The van der Waals surface area contributed by atoms with Crippen molar-refractivity contribution >= 4 is 64.1 Å². The molecular formula is C49H30N4S. The number of aromatic nitrogens is 4. The number of pyridine rings is 1. The first kappa shape index (κ1) is 30.7. The van der Waals surface area contributed by atoms with E-state index in [0.29, 0.717) is 5.82 Å². The van der Waals surface area contributed by atoms with Crippen LogP contribution >= 0.6 is 11.3 Å². The molecule has 0 atom stereocenters. The fourth-order valence-corrected chi connectivity index (χ4v) is 9.27. The fraction of sp³-hybridized carbons (Fsp3) is 0. The zero-order valence-electron chi connectivity index (χ0n) is 29.0. The molecule has 252 valence electrons. The Morgan fingerprint density at radius 2 is 1.13 bits per heavy atom. The molecule has 0 aliphatic heterocycles. The molecule has 5 heteroatoms. The number of fused-ring (bicyclic) bond motifs is 9. The molecule has 0 spiro atoms. The van der Waals surface area contributed by atoms with Crippen LogP contribution in [-0.2, 0) is 0 Å². The topological polar surface area (TPSA) is 43.6 Å². The Bertz CT molecular complexity index is 3130. The second-order valence-electron chi connectivity index (χ2n) is 13.6. The number of hydrogen-bond acceptors (Lipinski definition) is 4. The van der Waals surface area contributed by atoms with Crippen LogP contribution in [0.15, 0.2) is 182 Å². The van der Waals surface area contributed by atoms with Crippen LogP contribution < -0.4 is 0 Å². The van der Waals surface area contributed by atoms with Gasteiger partial charge in [0.25, 0.3) is 0 Å². The van der Waals surface area contributed by atoms with Crippen LogP contribution in [0.4, 0.5) is 0 Å². The summed E-state index contributed by atoms with van der Waals surface area (Å²) in [7, 11) is 0. The lowest BCUT2D eigenvalue weighted by atomic mass is 9.97. The summed E-state index contributed by atoms with van der Waals surface area (Å²) < 4.78 is 4.96. The second-order valence-corrected chi connectivity index (χ2v) is 14.6. The molecule has 4 heterocycles. The maximum absolute atomic E-state index is 5.10. The zero-order valence-corrected chi connectivity index (χ0v) is 29.8. The van der Waals surface area contributed by atoms with Crippen molar-refractivity contribution in [3.05, 3.63) is 182 Å². The van der Waals surface area contributed by atoms with Crippen molar-refractivity contribution in [3.8, 4) is 50.8 Å². The minimum Gasteiger partial charge on any atom is -0.308 e. The van der Waals surface area contributed by atoms with Crippen LogP contribution in [0.25, 0.3) is 104 Å². The van der Waals surface area contributed by atoms with E-state index in [9.17, 15) is 0 Å². The van der Waals surface area contributed by atoms with Gasteiger partial charge in [0.05, 0.1) is 32.8 Å². The summed E-state index contributed by atoms with van der Waals surface area (Å²) in [5, 5.41) is 7.46. The van der Waals surface area contributed by atoms with Gasteiger partial charge >= 0.3 is 0 Å². The van der Waals surface area contributed by atoms with Crippen molar-refractivity contribution in [1.82, 2.24) is 19.5 Å². The van der Waals surface area contributed by atoms with Crippen LogP contribution in [0, 0.1) is 0 Å². The first-order chi connectivity index (χ1) is 26.8. The number of nitrogens with zero attached hydrogens (tertiary/aromatic N) is 4. The van der Waals surface area contributed by atoms with Crippen molar-refractivity contribution in [2.24, 2.45) is 0 Å². The van der Waals surface area contributed by atoms with E-state index in [4.69, 9.17) is 15.0 Å². The molecule has 0 N–H and O–H groups in total. The summed E-state index contributed by atoms with van der Waals surface area (Å²) in [4.78, 5) is 15.1. The number of benzene rings is 7. The summed E-state index contributed by atoms with van der Waals surface area (Å²) in [6, 6.07) is 62.1. The molecule has 11 aromatic rings. The molecule has 4 nitrogen and oxygen atoms in total. The highest BCUT2D eigenvalue weighted by Gasteiger charge is 2.23. The Labute approximate surface area is 315 Å². The van der Waals surface area contributed by atoms with Gasteiger partial charge in [-0.3, -0.25) is 4.98 Å². The highest BCUT2D eigenvalue weighted by molar-refractivity contribution is 7.27. The standard InChI is InChI=1S/C49H30N4S/c1-3-14-32(15-4-1)41-30-42(33-16-5-2-6-17-33)52-49(51-41)34-22-25-35(26-23-34)53-43-21-10-9-19-37(43)38-29-39(40-20-11-12-28-50-40)46-45-36-18-8-7-13-31(36)24-27-44(45)54-48(46)47(38)53/h1-30H. The van der Waals surface area contributed by atoms with Crippen LogP contribution in [0.5, 0.6) is 0 Å². The average Bonchev–Trinajstić information content (AvgIpc) is 3.81. The van der Waals surface area contributed by atoms with Gasteiger partial charge in [0.2, 0.25) is 0 Å². The van der Waals surface area contributed by atoms with E-state index in [1.54, 1.807) is 0 Å². The first-order valence-corrected chi connectivity index (χ1v) is 18.9. The summed E-state index contributed by atoms with van der Waals surface area (Å²) in [6.07, 6.45) is 1.89. The highest BCUT2D eigenvalue weighted by atomic mass is 32.1. The van der Waals surface area contributed by atoms with Gasteiger partial charge in [-0.15, -0.1) is 11.3 Å². The number of thiophene rings is 1. The number of rotatable bonds is 5. The molecule has 54 heavy (non-hydrogen) atoms. The third-order valence-electron chi connectivity index (χ3n) is 10.5. The largest absolute Gasteiger partial charge is 0.308 e. The third kappa shape index (κ3) is 4.86. The first-order valence-electron chi connectivity index (χ1n) is 18.1. The van der Waals surface area contributed by atoms with Crippen molar-refractivity contribution in [1.29, 1.82) is 0 Å². The Morgan fingerprint density at radius 1 is 0.463 bits per heavy atom. The minimum absolute atomic E-state index is 0.697. The van der Waals surface area contributed by atoms with Crippen LogP contribution in [0.2, 0.25) is 0 Å². The maximum Gasteiger partial charge on any atom is 0.160 e. The Balaban J connectivity index is 1.16. The number of para-hydroxylation sites is 1. The molecule has 4 aromatic heterocycles. The lowest BCUT2D eigenvalue weighted by molar-refractivity contribution is 1.17. The number of hydrogen-bond donors (Lipinski definition) is 0. The lowest BCUT2D eigenvalue weighted by Gasteiger charge is -2.12. The van der Waals surface area contributed by atoms with E-state index in [-0.39, 0.29) is 0 Å². The molecule has 0 saturated carbocycles. The molecular weight excluding hydrogens is 677 g/mol. The quantitative estimate of drug-likeness (QED) is 0.179. The van der Waals surface area contributed by atoms with Crippen LogP contribution in [-0.4, -0.2) is 19.5 Å². The van der Waals surface area contributed by atoms with Crippen molar-refractivity contribution in [2.45, 2.75) is 0 Å². The Hall–Kier alpha value is -6.95. The van der Waals surface area contributed by atoms with Gasteiger partial charge in [-0.2, -0.15) is 0 Å². The van der Waals surface area contributed by atoms with Gasteiger partial charge in [-0.1, -0.05) is 115 Å². The molecule has 0 saturated heterocycles. The molecule has 0 amide bonds. The van der Waals surface area contributed by atoms with E-state index < -0.39 is 0 Å². The van der Waals surface area contributed by atoms with Gasteiger partial charge in [0.15, 0.2) is 5.82 Å². The van der Waals surface area contributed by atoms with Gasteiger partial charge in [0, 0.05) is 60.4 Å². The Kier molecular flexibility index (Phi) is 7.00. The predicted molar refractivity (Wildman–Crippen MR) is 226 cm³/mol. The van der Waals surface area contributed by atoms with Crippen molar-refractivity contribution in [3.63, 3.8) is 0 Å². The molecule has 0 aliphatic carbocycles. The maximum atomic E-state index is 5.10. The highest BCUT2D eigenvalue weighted by Crippen LogP contribution is 2.49. The zero-order chi connectivity index (χ0) is 35.6. The molecule has 0 unspecified atom stereocenters. The molecule has 11 rings (SSSR count). The molecule has 0 radical (unpaired) electrons. The van der Waals surface area contributed by atoms with Crippen molar-refractivity contribution < 1.29 is 0 Å². The van der Waals surface area contributed by atoms with Crippen LogP contribution in [0.1, 0.15) is 0 Å². The van der Waals surface area contributed by atoms with E-state index in [1.807, 2.05) is 35.7 Å². The smallest absolute Gasteiger partial charge is 0.160 e. The van der Waals surface area contributed by atoms with Crippen molar-refractivity contribution in [2.75, 3.05) is 0 Å². The normalized spacial score (nSPS) is 11.7. The van der Waals surface area contributed by atoms with Gasteiger partial charge < -0.3 is 4.57 Å². The van der Waals surface area contributed by atoms with Gasteiger partial charge in [-0.25, -0.2) is 9.97 Å². The van der Waals surface area contributed by atoms with Crippen LogP contribution in [0.3, 0.4) is 0 Å². The summed E-state index contributed by atoms with van der Waals surface area (Å²) in [5.41, 5.74) is 10.5. The van der Waals surface area contributed by atoms with Gasteiger partial charge in [-0.05, 0) is 71.4 Å². The summed E-state index contributed by atoms with van der Waals surface area (Å²) in [5.74, 6) is 0.697. The monoisotopic (exact) mass is 706 g/mol. The second kappa shape index (κ2) is 12.3. The van der Waals surface area contributed by atoms with E-state index >= 15 is 0 Å². The van der Waals surface area contributed by atoms with E-state index in [0.717, 1.165) is 50.5 Å². The third-order valence-corrected chi connectivity index (χ3v) is 11.6.